The first kappa shape index (κ1) is 19.2. The van der Waals surface area contributed by atoms with Gasteiger partial charge < -0.3 is 24.8 Å². The first-order chi connectivity index (χ1) is 6.47. The minimum Gasteiger partial charge on any atom is -1.00 e. The van der Waals surface area contributed by atoms with Gasteiger partial charge in [-0.05, 0) is 0 Å². The molecule has 0 heterocycles. The molecule has 0 N–H and O–H groups in total. The third-order valence-electron chi connectivity index (χ3n) is 2.12. The Morgan fingerprint density at radius 2 is 2.00 bits per heavy atom. The summed E-state index contributed by atoms with van der Waals surface area (Å²) in [5.74, 6) is 0. The molecule has 0 saturated heterocycles. The molecule has 0 amide bonds. The maximum atomic E-state index is 4.24. The third-order valence-corrected chi connectivity index (χ3v) is 9.07. The van der Waals surface area contributed by atoms with E-state index in [1.165, 1.54) is 16.6 Å². The van der Waals surface area contributed by atoms with E-state index in [0.717, 1.165) is 0 Å². The molecule has 0 aromatic rings. The van der Waals surface area contributed by atoms with E-state index in [2.05, 4.69) is 44.4 Å². The fourth-order valence-electron chi connectivity index (χ4n) is 1.63. The minimum absolute atomic E-state index is 0. The molecular weight excluding hydrogens is 422 g/mol. The average Bonchev–Trinajstić information content (AvgIpc) is 2.49. The standard InChI is InChI=1S/C7H15Si.C5H5.2ClH.Hf/c1-7(2)6-8(3,4)5;1-2-4-5-3-1;;;/h1-2,6H2,3-5H3;1-3H,4H2;2*1H;/q;;;;+2/p-2. The van der Waals surface area contributed by atoms with Crippen molar-refractivity contribution in [2.24, 2.45) is 0 Å². The number of allylic oxidation sites excluding steroid dienone is 5. The first-order valence-electron chi connectivity index (χ1n) is 5.23. The molecule has 0 saturated carbocycles. The van der Waals surface area contributed by atoms with Crippen LogP contribution in [-0.4, -0.2) is 8.07 Å². The van der Waals surface area contributed by atoms with E-state index in [1.807, 2.05) is 0 Å². The Balaban J connectivity index is 0. The van der Waals surface area contributed by atoms with Crippen molar-refractivity contribution in [3.05, 3.63) is 33.7 Å². The van der Waals surface area contributed by atoms with Crippen LogP contribution in [0.5, 0.6) is 0 Å². The van der Waals surface area contributed by atoms with Crippen LogP contribution in [0.1, 0.15) is 6.42 Å². The second kappa shape index (κ2) is 8.90. The summed E-state index contributed by atoms with van der Waals surface area (Å²) in [6.45, 7) is 11.5. The maximum absolute atomic E-state index is 4.24. The van der Waals surface area contributed by atoms with Crippen LogP contribution in [0.15, 0.2) is 33.7 Å². The van der Waals surface area contributed by atoms with Gasteiger partial charge in [-0.25, -0.2) is 0 Å². The van der Waals surface area contributed by atoms with Gasteiger partial charge in [0.2, 0.25) is 0 Å². The fourth-order valence-corrected chi connectivity index (χ4v) is 8.03. The minimum atomic E-state index is -0.901. The molecule has 0 atom stereocenters. The van der Waals surface area contributed by atoms with Crippen molar-refractivity contribution in [1.82, 2.24) is 0 Å². The molecule has 1 aliphatic rings. The van der Waals surface area contributed by atoms with E-state index in [1.54, 1.807) is 8.90 Å². The van der Waals surface area contributed by atoms with E-state index in [0.29, 0.717) is 0 Å². The Morgan fingerprint density at radius 1 is 1.38 bits per heavy atom. The Kier molecular flexibility index (Phi) is 10.7. The fraction of sp³-hybridized carbons (Fsp3) is 0.500. The van der Waals surface area contributed by atoms with Gasteiger partial charge >= 0.3 is 101 Å². The molecule has 1 aliphatic carbocycles. The van der Waals surface area contributed by atoms with Crippen molar-refractivity contribution >= 4 is 8.07 Å². The molecule has 0 nitrogen and oxygen atoms in total. The summed E-state index contributed by atoms with van der Waals surface area (Å²) < 4.78 is 3.15. The third kappa shape index (κ3) is 8.97. The predicted molar refractivity (Wildman–Crippen MR) is 63.9 cm³/mol. The second-order valence-corrected chi connectivity index (χ2v) is 15.5. The van der Waals surface area contributed by atoms with Gasteiger partial charge in [-0.2, -0.15) is 0 Å². The zero-order valence-corrected chi connectivity index (χ0v) is 16.4. The Hall–Kier alpha value is 0.887. The summed E-state index contributed by atoms with van der Waals surface area (Å²) in [7, 11) is -0.901. The maximum Gasteiger partial charge on any atom is -1.00 e. The summed E-state index contributed by atoms with van der Waals surface area (Å²) in [6, 6.07) is 1.33. The summed E-state index contributed by atoms with van der Waals surface area (Å²) in [6.07, 6.45) is 8.08. The zero-order valence-electron chi connectivity index (χ0n) is 10.3. The molecule has 1 rings (SSSR count). The van der Waals surface area contributed by atoms with Crippen molar-refractivity contribution in [3.63, 3.8) is 0 Å². The predicted octanol–water partition coefficient (Wildman–Crippen LogP) is -1.77. The van der Waals surface area contributed by atoms with Crippen LogP contribution in [0.2, 0.25) is 29.9 Å². The second-order valence-electron chi connectivity index (χ2n) is 5.17. The molecule has 0 unspecified atom stereocenters. The topological polar surface area (TPSA) is 0 Å². The number of hydrogen-bond acceptors (Lipinski definition) is 0. The van der Waals surface area contributed by atoms with Gasteiger partial charge in [0, 0.05) is 0 Å². The molecule has 0 radical (unpaired) electrons. The molecule has 0 aromatic carbocycles. The van der Waals surface area contributed by atoms with E-state index in [-0.39, 0.29) is 24.8 Å². The van der Waals surface area contributed by atoms with Gasteiger partial charge in [0.15, 0.2) is 0 Å². The normalized spacial score (nSPS) is 13.3. The Bertz CT molecular complexity index is 277. The molecular formula is C12H20Cl2HfSi. The first-order valence-corrected chi connectivity index (χ1v) is 13.3. The zero-order chi connectivity index (χ0) is 10.6. The van der Waals surface area contributed by atoms with Crippen LogP contribution in [0.25, 0.3) is 0 Å². The van der Waals surface area contributed by atoms with Crippen molar-refractivity contribution in [2.45, 2.75) is 36.3 Å². The quantitative estimate of drug-likeness (QED) is 0.350. The van der Waals surface area contributed by atoms with Crippen LogP contribution in [0.4, 0.5) is 0 Å². The van der Waals surface area contributed by atoms with Gasteiger partial charge in [-0.15, -0.1) is 0 Å². The van der Waals surface area contributed by atoms with Crippen molar-refractivity contribution in [3.8, 4) is 0 Å². The molecule has 16 heavy (non-hydrogen) atoms. The number of halogens is 2. The largest absolute Gasteiger partial charge is 1.00 e. The van der Waals surface area contributed by atoms with Crippen LogP contribution in [0, 0.1) is 0 Å². The Labute approximate surface area is 125 Å². The van der Waals surface area contributed by atoms with E-state index >= 15 is 0 Å². The summed E-state index contributed by atoms with van der Waals surface area (Å²) in [5, 5.41) is 0. The number of hydrogen-bond donors (Lipinski definition) is 0. The SMILES string of the molecule is C=C([CH2][Hf+2][C]1=CC=CC1)C[Si](C)(C)C.[Cl-].[Cl-]. The van der Waals surface area contributed by atoms with Crippen LogP contribution in [-0.2, 0) is 22.9 Å². The molecule has 0 bridgehead atoms. The van der Waals surface area contributed by atoms with Gasteiger partial charge in [0.25, 0.3) is 0 Å². The van der Waals surface area contributed by atoms with Crippen molar-refractivity contribution in [1.29, 1.82) is 0 Å². The summed E-state index contributed by atoms with van der Waals surface area (Å²) in [4.78, 5) is 0. The van der Waals surface area contributed by atoms with E-state index in [4.69, 9.17) is 0 Å². The molecule has 0 spiro atoms. The van der Waals surface area contributed by atoms with Crippen molar-refractivity contribution < 1.29 is 47.7 Å². The van der Waals surface area contributed by atoms with Crippen molar-refractivity contribution in [2.75, 3.05) is 0 Å². The van der Waals surface area contributed by atoms with Crippen LogP contribution >= 0.6 is 0 Å². The van der Waals surface area contributed by atoms with Crippen LogP contribution in [0.3, 0.4) is 0 Å². The molecule has 0 fully saturated rings. The van der Waals surface area contributed by atoms with Gasteiger partial charge in [-0.3, -0.25) is 0 Å². The monoisotopic (exact) mass is 442 g/mol. The molecule has 4 heteroatoms. The smallest absolute Gasteiger partial charge is 1.00 e. The van der Waals surface area contributed by atoms with Gasteiger partial charge in [0.05, 0.1) is 0 Å². The van der Waals surface area contributed by atoms with E-state index in [9.17, 15) is 0 Å². The number of rotatable bonds is 5. The molecule has 90 valence electrons. The van der Waals surface area contributed by atoms with Gasteiger partial charge in [-0.1, -0.05) is 0 Å². The Morgan fingerprint density at radius 3 is 2.44 bits per heavy atom. The summed E-state index contributed by atoms with van der Waals surface area (Å²) in [5.41, 5.74) is 1.54. The average molecular weight is 442 g/mol. The molecule has 0 aliphatic heterocycles. The molecule has 0 aromatic heterocycles. The summed E-state index contributed by atoms with van der Waals surface area (Å²) >= 11 is -0.498. The van der Waals surface area contributed by atoms with Gasteiger partial charge in [0.1, 0.15) is 0 Å². The van der Waals surface area contributed by atoms with Crippen LogP contribution < -0.4 is 24.8 Å². The van der Waals surface area contributed by atoms with E-state index < -0.39 is 31.0 Å².